The quantitative estimate of drug-likeness (QED) is 0.716. The minimum Gasteiger partial charge on any atom is -0.479 e. The fraction of sp³-hybridized carbons (Fsp3) is 0.294. The molecule has 3 heterocycles. The lowest BCUT2D eigenvalue weighted by molar-refractivity contribution is -0.146. The number of carboxylic acid groups (broad SMARTS) is 1. The maximum absolute atomic E-state index is 12.7. The average Bonchev–Trinajstić information content (AvgIpc) is 3.28. The van der Waals surface area contributed by atoms with Gasteiger partial charge in [-0.1, -0.05) is 0 Å². The molecule has 26 heavy (non-hydrogen) atoms. The molecule has 0 aliphatic carbocycles. The number of aryl methyl sites for hydroxylation is 1. The number of thiazole rings is 1. The highest BCUT2D eigenvalue weighted by atomic mass is 32.1. The van der Waals surface area contributed by atoms with Gasteiger partial charge in [0.05, 0.1) is 17.4 Å². The number of nitrogens with zero attached hydrogens (tertiary/aromatic N) is 4. The Morgan fingerprint density at radius 3 is 2.65 bits per heavy atom. The lowest BCUT2D eigenvalue weighted by Crippen LogP contribution is -2.35. The van der Waals surface area contributed by atoms with Crippen molar-refractivity contribution in [2.24, 2.45) is 0 Å². The van der Waals surface area contributed by atoms with E-state index in [0.29, 0.717) is 11.3 Å². The summed E-state index contributed by atoms with van der Waals surface area (Å²) in [5.41, 5.74) is 1.45. The van der Waals surface area contributed by atoms with E-state index in [9.17, 15) is 14.7 Å². The summed E-state index contributed by atoms with van der Waals surface area (Å²) >= 11 is 1.49. The normalized spacial score (nSPS) is 11.5. The fourth-order valence-electron chi connectivity index (χ4n) is 2.60. The molecule has 2 N–H and O–H groups in total. The summed E-state index contributed by atoms with van der Waals surface area (Å²) in [6.07, 6.45) is 4.66. The molecule has 3 aromatic heterocycles. The van der Waals surface area contributed by atoms with E-state index in [0.717, 1.165) is 16.5 Å². The molecule has 9 heteroatoms. The summed E-state index contributed by atoms with van der Waals surface area (Å²) in [7, 11) is 0. The van der Waals surface area contributed by atoms with Crippen LogP contribution in [0.4, 0.5) is 5.69 Å². The van der Waals surface area contributed by atoms with Crippen LogP contribution in [0.25, 0.3) is 5.13 Å². The van der Waals surface area contributed by atoms with E-state index in [4.69, 9.17) is 0 Å². The monoisotopic (exact) mass is 373 g/mol. The van der Waals surface area contributed by atoms with Crippen LogP contribution in [0.2, 0.25) is 0 Å². The standard InChI is InChI=1S/C17H19N5O3S/c1-10-7-13(11(2)22(10)16-18-5-6-26-16)14(23)20-12-8-19-21(9-12)17(3,4)15(24)25/h5-9H,1-4H3,(H,20,23)(H,24,25). The van der Waals surface area contributed by atoms with Gasteiger partial charge in [0.15, 0.2) is 10.7 Å². The van der Waals surface area contributed by atoms with E-state index in [1.165, 1.54) is 42.3 Å². The van der Waals surface area contributed by atoms with Crippen molar-refractivity contribution in [1.82, 2.24) is 19.3 Å². The smallest absolute Gasteiger partial charge is 0.331 e. The molecule has 3 aromatic rings. The number of anilines is 1. The Morgan fingerprint density at radius 2 is 2.04 bits per heavy atom. The average molecular weight is 373 g/mol. The molecular formula is C17H19N5O3S. The van der Waals surface area contributed by atoms with Gasteiger partial charge in [0.1, 0.15) is 0 Å². The van der Waals surface area contributed by atoms with Crippen molar-refractivity contribution >= 4 is 28.9 Å². The predicted octanol–water partition coefficient (Wildman–Crippen LogP) is 2.82. The number of rotatable bonds is 5. The number of aromatic nitrogens is 4. The Kier molecular flexibility index (Phi) is 4.41. The second kappa shape index (κ2) is 6.41. The zero-order valence-electron chi connectivity index (χ0n) is 14.8. The first-order valence-electron chi connectivity index (χ1n) is 7.90. The number of carbonyl (C=O) groups is 2. The Labute approximate surface area is 154 Å². The van der Waals surface area contributed by atoms with Crippen LogP contribution >= 0.6 is 11.3 Å². The third kappa shape index (κ3) is 3.01. The van der Waals surface area contributed by atoms with E-state index in [1.807, 2.05) is 23.8 Å². The van der Waals surface area contributed by atoms with Gasteiger partial charge in [-0.25, -0.2) is 9.78 Å². The Morgan fingerprint density at radius 1 is 1.31 bits per heavy atom. The predicted molar refractivity (Wildman–Crippen MR) is 98.1 cm³/mol. The van der Waals surface area contributed by atoms with E-state index < -0.39 is 11.5 Å². The first-order chi connectivity index (χ1) is 12.2. The third-order valence-corrected chi connectivity index (χ3v) is 4.98. The minimum absolute atomic E-state index is 0.284. The van der Waals surface area contributed by atoms with Crippen LogP contribution in [0.5, 0.6) is 0 Å². The Bertz CT molecular complexity index is 969. The Hall–Kier alpha value is -2.94. The number of hydrogen-bond acceptors (Lipinski definition) is 5. The molecule has 0 aliphatic rings. The first-order valence-corrected chi connectivity index (χ1v) is 8.78. The van der Waals surface area contributed by atoms with Gasteiger partial charge in [-0.15, -0.1) is 11.3 Å². The van der Waals surface area contributed by atoms with Gasteiger partial charge in [-0.05, 0) is 33.8 Å². The highest BCUT2D eigenvalue weighted by Crippen LogP contribution is 2.23. The second-order valence-corrected chi connectivity index (χ2v) is 7.30. The zero-order chi connectivity index (χ0) is 19.1. The topological polar surface area (TPSA) is 102 Å². The SMILES string of the molecule is Cc1cc(C(=O)Nc2cnn(C(C)(C)C(=O)O)c2)c(C)n1-c1nccs1. The van der Waals surface area contributed by atoms with Crippen molar-refractivity contribution in [3.63, 3.8) is 0 Å². The molecule has 0 saturated carbocycles. The number of aliphatic carboxylic acids is 1. The van der Waals surface area contributed by atoms with Gasteiger partial charge in [-0.2, -0.15) is 5.10 Å². The number of hydrogen-bond donors (Lipinski definition) is 2. The van der Waals surface area contributed by atoms with Crippen LogP contribution in [0, 0.1) is 13.8 Å². The Balaban J connectivity index is 1.85. The van der Waals surface area contributed by atoms with Crippen molar-refractivity contribution < 1.29 is 14.7 Å². The van der Waals surface area contributed by atoms with Gasteiger partial charge < -0.3 is 10.4 Å². The van der Waals surface area contributed by atoms with Crippen LogP contribution in [0.15, 0.2) is 30.0 Å². The maximum Gasteiger partial charge on any atom is 0.331 e. The van der Waals surface area contributed by atoms with E-state index >= 15 is 0 Å². The van der Waals surface area contributed by atoms with Crippen LogP contribution in [-0.2, 0) is 10.3 Å². The largest absolute Gasteiger partial charge is 0.479 e. The van der Waals surface area contributed by atoms with E-state index in [2.05, 4.69) is 15.4 Å². The van der Waals surface area contributed by atoms with E-state index in [-0.39, 0.29) is 5.91 Å². The maximum atomic E-state index is 12.7. The van der Waals surface area contributed by atoms with Gasteiger partial charge in [0.2, 0.25) is 0 Å². The van der Waals surface area contributed by atoms with E-state index in [1.54, 1.807) is 12.3 Å². The van der Waals surface area contributed by atoms with Crippen LogP contribution in [-0.4, -0.2) is 36.3 Å². The minimum atomic E-state index is -1.20. The van der Waals surface area contributed by atoms with Crippen LogP contribution < -0.4 is 5.32 Å². The molecule has 0 bridgehead atoms. The fourth-order valence-corrected chi connectivity index (χ4v) is 3.35. The molecular weight excluding hydrogens is 354 g/mol. The van der Waals surface area contributed by atoms with Gasteiger partial charge in [-0.3, -0.25) is 14.0 Å². The summed E-state index contributed by atoms with van der Waals surface area (Å²) in [4.78, 5) is 28.3. The lowest BCUT2D eigenvalue weighted by Gasteiger charge is -2.19. The molecule has 1 amide bonds. The van der Waals surface area contributed by atoms with Crippen molar-refractivity contribution in [2.75, 3.05) is 5.32 Å². The van der Waals surface area contributed by atoms with Crippen molar-refractivity contribution in [3.8, 4) is 5.13 Å². The van der Waals surface area contributed by atoms with Crippen molar-refractivity contribution in [1.29, 1.82) is 0 Å². The molecule has 0 saturated heterocycles. The molecule has 0 atom stereocenters. The lowest BCUT2D eigenvalue weighted by atomic mass is 10.1. The van der Waals surface area contributed by atoms with Crippen LogP contribution in [0.1, 0.15) is 35.6 Å². The second-order valence-electron chi connectivity index (χ2n) is 6.43. The zero-order valence-corrected chi connectivity index (χ0v) is 15.7. The van der Waals surface area contributed by atoms with Gasteiger partial charge in [0, 0.05) is 29.2 Å². The number of amides is 1. The summed E-state index contributed by atoms with van der Waals surface area (Å²) in [5, 5.41) is 18.8. The highest BCUT2D eigenvalue weighted by Gasteiger charge is 2.30. The number of carboxylic acids is 1. The summed E-state index contributed by atoms with van der Waals surface area (Å²) < 4.78 is 3.24. The highest BCUT2D eigenvalue weighted by molar-refractivity contribution is 7.12. The molecule has 3 rings (SSSR count). The molecule has 0 aliphatic heterocycles. The molecule has 0 radical (unpaired) electrons. The molecule has 0 aromatic carbocycles. The molecule has 8 nitrogen and oxygen atoms in total. The molecule has 0 unspecified atom stereocenters. The first kappa shape index (κ1) is 17.9. The summed E-state index contributed by atoms with van der Waals surface area (Å²) in [6.45, 7) is 6.85. The summed E-state index contributed by atoms with van der Waals surface area (Å²) in [6, 6.07) is 1.80. The third-order valence-electron chi connectivity index (χ3n) is 4.22. The van der Waals surface area contributed by atoms with Crippen molar-refractivity contribution in [2.45, 2.75) is 33.2 Å². The molecule has 0 fully saturated rings. The summed E-state index contributed by atoms with van der Waals surface area (Å²) in [5.74, 6) is -1.29. The van der Waals surface area contributed by atoms with Crippen LogP contribution in [0.3, 0.4) is 0 Å². The molecule has 0 spiro atoms. The number of nitrogens with one attached hydrogen (secondary N) is 1. The van der Waals surface area contributed by atoms with Gasteiger partial charge >= 0.3 is 5.97 Å². The number of carbonyl (C=O) groups excluding carboxylic acids is 1. The van der Waals surface area contributed by atoms with Crippen molar-refractivity contribution in [3.05, 3.63) is 47.0 Å². The molecule has 136 valence electrons. The van der Waals surface area contributed by atoms with Gasteiger partial charge in [0.25, 0.3) is 5.91 Å².